The molecule has 0 fully saturated rings. The lowest BCUT2D eigenvalue weighted by atomic mass is 9.80. The molecule has 0 bridgehead atoms. The van der Waals surface area contributed by atoms with E-state index in [9.17, 15) is 0 Å². The van der Waals surface area contributed by atoms with E-state index in [-0.39, 0.29) is 0 Å². The Morgan fingerprint density at radius 3 is 1.56 bits per heavy atom. The van der Waals surface area contributed by atoms with Gasteiger partial charge in [-0.25, -0.2) is 0 Å². The highest BCUT2D eigenvalue weighted by Gasteiger charge is 2.37. The molecule has 2 nitrogen and oxygen atoms in total. The van der Waals surface area contributed by atoms with Crippen molar-refractivity contribution < 1.29 is 4.74 Å². The van der Waals surface area contributed by atoms with E-state index >= 15 is 0 Å². The molecule has 0 aliphatic carbocycles. The molecule has 1 N–H and O–H groups in total. The number of rotatable bonds is 9. The van der Waals surface area contributed by atoms with Crippen molar-refractivity contribution in [3.63, 3.8) is 0 Å². The van der Waals surface area contributed by atoms with E-state index in [1.165, 1.54) is 0 Å². The quantitative estimate of drug-likeness (QED) is 0.422. The third kappa shape index (κ3) is 4.36. The largest absolute Gasteiger partial charge is 0.357 e. The molecule has 3 aromatic rings. The Kier molecular flexibility index (Phi) is 6.59. The second kappa shape index (κ2) is 9.31. The summed E-state index contributed by atoms with van der Waals surface area (Å²) in [7, 11) is 1.95. The minimum atomic E-state index is -0.674. The number of hydrogen-bond donors (Lipinski definition) is 1. The highest BCUT2D eigenvalue weighted by Crippen LogP contribution is 2.40. The first kappa shape index (κ1) is 19.1. The summed E-state index contributed by atoms with van der Waals surface area (Å²) in [5.41, 5.74) is 3.75. The Balaban J connectivity index is 2.10. The zero-order valence-corrected chi connectivity index (χ0v) is 15.9. The molecule has 0 amide bonds. The number of hydrogen-bond acceptors (Lipinski definition) is 2. The topological polar surface area (TPSA) is 21.3 Å². The highest BCUT2D eigenvalue weighted by molar-refractivity contribution is 5.47. The van der Waals surface area contributed by atoms with Gasteiger partial charge in [0.25, 0.3) is 0 Å². The molecule has 2 heteroatoms. The van der Waals surface area contributed by atoms with Crippen molar-refractivity contribution in [3.8, 4) is 0 Å². The van der Waals surface area contributed by atoms with E-state index < -0.39 is 5.60 Å². The fourth-order valence-corrected chi connectivity index (χ4v) is 3.35. The number of benzene rings is 3. The van der Waals surface area contributed by atoms with Crippen LogP contribution in [-0.4, -0.2) is 20.2 Å². The van der Waals surface area contributed by atoms with Crippen molar-refractivity contribution in [2.75, 3.05) is 20.2 Å². The van der Waals surface area contributed by atoms with Gasteiger partial charge in [-0.05, 0) is 36.7 Å². The van der Waals surface area contributed by atoms with Gasteiger partial charge >= 0.3 is 0 Å². The van der Waals surface area contributed by atoms with Gasteiger partial charge in [0.15, 0.2) is 0 Å². The van der Waals surface area contributed by atoms with Gasteiger partial charge in [-0.1, -0.05) is 103 Å². The van der Waals surface area contributed by atoms with Crippen LogP contribution in [0.4, 0.5) is 0 Å². The van der Waals surface area contributed by atoms with Gasteiger partial charge in [-0.15, -0.1) is 0 Å². The van der Waals surface area contributed by atoms with E-state index in [1.54, 1.807) is 0 Å². The van der Waals surface area contributed by atoms with Crippen molar-refractivity contribution in [1.29, 1.82) is 0 Å². The zero-order valence-electron chi connectivity index (χ0n) is 15.9. The third-order valence-corrected chi connectivity index (χ3v) is 4.76. The number of ether oxygens (including phenoxy) is 1. The SMILES string of the molecule is C=C(CCNC)COC(c1ccccc1)(c1ccccc1)c1ccccc1. The summed E-state index contributed by atoms with van der Waals surface area (Å²) in [4.78, 5) is 0. The van der Waals surface area contributed by atoms with Crippen molar-refractivity contribution in [1.82, 2.24) is 5.32 Å². The standard InChI is InChI=1S/C25H27NO/c1-21(18-19-26-2)20-27-25(22-12-6-3-7-13-22,23-14-8-4-9-15-23)24-16-10-5-11-17-24/h3-17,26H,1,18-20H2,2H3. The maximum atomic E-state index is 6.72. The van der Waals surface area contributed by atoms with Gasteiger partial charge in [0.1, 0.15) is 5.60 Å². The molecule has 0 unspecified atom stereocenters. The average molecular weight is 357 g/mol. The lowest BCUT2D eigenvalue weighted by Crippen LogP contribution is -2.33. The molecule has 0 radical (unpaired) electrons. The fraction of sp³-hybridized carbons (Fsp3) is 0.200. The Labute approximate surface area is 162 Å². The van der Waals surface area contributed by atoms with Crippen LogP contribution in [0.15, 0.2) is 103 Å². The van der Waals surface area contributed by atoms with Crippen LogP contribution < -0.4 is 5.32 Å². The molecule has 0 heterocycles. The predicted molar refractivity (Wildman–Crippen MR) is 113 cm³/mol. The third-order valence-electron chi connectivity index (χ3n) is 4.76. The van der Waals surface area contributed by atoms with Crippen molar-refractivity contribution in [3.05, 3.63) is 120 Å². The van der Waals surface area contributed by atoms with Crippen LogP contribution in [0.2, 0.25) is 0 Å². The van der Waals surface area contributed by atoms with Crippen LogP contribution >= 0.6 is 0 Å². The molecule has 3 rings (SSSR count). The van der Waals surface area contributed by atoms with E-state index in [4.69, 9.17) is 4.74 Å². The molecular formula is C25H27NO. The van der Waals surface area contributed by atoms with Crippen molar-refractivity contribution in [2.24, 2.45) is 0 Å². The minimum Gasteiger partial charge on any atom is -0.357 e. The lowest BCUT2D eigenvalue weighted by Gasteiger charge is -2.36. The monoisotopic (exact) mass is 357 g/mol. The lowest BCUT2D eigenvalue weighted by molar-refractivity contribution is 0.0269. The van der Waals surface area contributed by atoms with Gasteiger partial charge < -0.3 is 10.1 Å². The van der Waals surface area contributed by atoms with Gasteiger partial charge in [-0.2, -0.15) is 0 Å². The molecule has 0 spiro atoms. The van der Waals surface area contributed by atoms with Crippen molar-refractivity contribution >= 4 is 0 Å². The summed E-state index contributed by atoms with van der Waals surface area (Å²) >= 11 is 0. The fourth-order valence-electron chi connectivity index (χ4n) is 3.35. The Bertz CT molecular complexity index is 731. The molecule has 0 saturated carbocycles. The number of nitrogens with one attached hydrogen (secondary N) is 1. The van der Waals surface area contributed by atoms with E-state index in [0.29, 0.717) is 6.61 Å². The summed E-state index contributed by atoms with van der Waals surface area (Å²) in [6.45, 7) is 5.61. The molecule has 3 aromatic carbocycles. The highest BCUT2D eigenvalue weighted by atomic mass is 16.5. The summed E-state index contributed by atoms with van der Waals surface area (Å²) in [5, 5.41) is 3.17. The van der Waals surface area contributed by atoms with Crippen LogP contribution in [0.1, 0.15) is 23.1 Å². The minimum absolute atomic E-state index is 0.500. The zero-order chi connectivity index (χ0) is 19.0. The Morgan fingerprint density at radius 1 is 0.778 bits per heavy atom. The van der Waals surface area contributed by atoms with Crippen LogP contribution in [-0.2, 0) is 10.3 Å². The molecule has 27 heavy (non-hydrogen) atoms. The summed E-state index contributed by atoms with van der Waals surface area (Å²) in [6.07, 6.45) is 0.894. The normalized spacial score (nSPS) is 11.3. The van der Waals surface area contributed by atoms with E-state index in [2.05, 4.69) is 84.7 Å². The van der Waals surface area contributed by atoms with E-state index in [0.717, 1.165) is 35.2 Å². The molecule has 0 aliphatic rings. The molecule has 0 atom stereocenters. The second-order valence-electron chi connectivity index (χ2n) is 6.67. The second-order valence-corrected chi connectivity index (χ2v) is 6.67. The summed E-state index contributed by atoms with van der Waals surface area (Å²) < 4.78 is 6.72. The van der Waals surface area contributed by atoms with Gasteiger partial charge in [0, 0.05) is 0 Å². The molecule has 0 aliphatic heterocycles. The van der Waals surface area contributed by atoms with Gasteiger partial charge in [-0.3, -0.25) is 0 Å². The Morgan fingerprint density at radius 2 is 1.19 bits per heavy atom. The maximum absolute atomic E-state index is 6.72. The molecule has 0 aromatic heterocycles. The van der Waals surface area contributed by atoms with Crippen LogP contribution in [0, 0.1) is 0 Å². The van der Waals surface area contributed by atoms with Crippen LogP contribution in [0.5, 0.6) is 0 Å². The van der Waals surface area contributed by atoms with Crippen LogP contribution in [0.3, 0.4) is 0 Å². The molecule has 138 valence electrons. The Hall–Kier alpha value is -2.68. The first-order valence-corrected chi connectivity index (χ1v) is 9.39. The maximum Gasteiger partial charge on any atom is 0.144 e. The first-order chi connectivity index (χ1) is 13.3. The summed E-state index contributed by atoms with van der Waals surface area (Å²) in [6, 6.07) is 31.3. The first-order valence-electron chi connectivity index (χ1n) is 9.39. The summed E-state index contributed by atoms with van der Waals surface area (Å²) in [5.74, 6) is 0. The van der Waals surface area contributed by atoms with Crippen molar-refractivity contribution in [2.45, 2.75) is 12.0 Å². The van der Waals surface area contributed by atoms with Gasteiger partial charge in [0.2, 0.25) is 0 Å². The van der Waals surface area contributed by atoms with Crippen LogP contribution in [0.25, 0.3) is 0 Å². The van der Waals surface area contributed by atoms with Gasteiger partial charge in [0.05, 0.1) is 6.61 Å². The smallest absolute Gasteiger partial charge is 0.144 e. The molecule has 0 saturated heterocycles. The van der Waals surface area contributed by atoms with E-state index in [1.807, 2.05) is 25.2 Å². The molecular weight excluding hydrogens is 330 g/mol. The predicted octanol–water partition coefficient (Wildman–Crippen LogP) is 5.16. The average Bonchev–Trinajstić information content (AvgIpc) is 2.75.